The summed E-state index contributed by atoms with van der Waals surface area (Å²) in [6, 6.07) is 5.51. The molecule has 4 nitrogen and oxygen atoms in total. The van der Waals surface area contributed by atoms with Crippen molar-refractivity contribution in [2.75, 3.05) is 0 Å². The van der Waals surface area contributed by atoms with Crippen LogP contribution < -0.4 is 0 Å². The molecule has 0 atom stereocenters. The van der Waals surface area contributed by atoms with Crippen LogP contribution in [0.3, 0.4) is 0 Å². The largest absolute Gasteiger partial charge is 0.388 e. The van der Waals surface area contributed by atoms with E-state index in [4.69, 9.17) is 11.6 Å². The predicted molar refractivity (Wildman–Crippen MR) is 79.1 cm³/mol. The topological polar surface area (TPSA) is 50.9 Å². The molecule has 1 aromatic heterocycles. The summed E-state index contributed by atoms with van der Waals surface area (Å²) in [5, 5.41) is 18.3. The van der Waals surface area contributed by atoms with E-state index in [1.807, 2.05) is 43.5 Å². The van der Waals surface area contributed by atoms with E-state index in [-0.39, 0.29) is 12.1 Å². The molecule has 2 aromatic rings. The lowest BCUT2D eigenvalue weighted by Crippen LogP contribution is -2.25. The van der Waals surface area contributed by atoms with Gasteiger partial charge in [0.25, 0.3) is 0 Å². The fourth-order valence-electron chi connectivity index (χ4n) is 1.97. The number of aliphatic hydroxyl groups is 1. The fraction of sp³-hybridized carbons (Fsp3) is 0.385. The molecule has 0 saturated heterocycles. The Morgan fingerprint density at radius 1 is 1.32 bits per heavy atom. The zero-order valence-corrected chi connectivity index (χ0v) is 13.3. The van der Waals surface area contributed by atoms with Crippen molar-refractivity contribution >= 4 is 27.5 Å². The van der Waals surface area contributed by atoms with Crippen LogP contribution >= 0.6 is 27.5 Å². The van der Waals surface area contributed by atoms with Crippen LogP contribution in [0.25, 0.3) is 11.4 Å². The Labute approximate surface area is 125 Å². The first kappa shape index (κ1) is 14.5. The summed E-state index contributed by atoms with van der Waals surface area (Å²) in [6.07, 6.45) is 0. The van der Waals surface area contributed by atoms with Crippen molar-refractivity contribution in [1.29, 1.82) is 0 Å². The molecule has 1 aromatic carbocycles. The Kier molecular flexibility index (Phi) is 3.99. The molecule has 0 fully saturated rings. The zero-order chi connectivity index (χ0) is 14.2. The second-order valence-corrected chi connectivity index (χ2v) is 6.52. The summed E-state index contributed by atoms with van der Waals surface area (Å²) in [5.74, 6) is 1.25. The Balaban J connectivity index is 2.66. The van der Waals surface area contributed by atoms with E-state index in [2.05, 4.69) is 26.1 Å². The fourth-order valence-corrected chi connectivity index (χ4v) is 2.83. The van der Waals surface area contributed by atoms with Gasteiger partial charge in [-0.2, -0.15) is 0 Å². The van der Waals surface area contributed by atoms with Gasteiger partial charge in [0.1, 0.15) is 6.61 Å². The Morgan fingerprint density at radius 3 is 2.53 bits per heavy atom. The molecule has 6 heteroatoms. The number of hydrogen-bond acceptors (Lipinski definition) is 3. The van der Waals surface area contributed by atoms with Gasteiger partial charge >= 0.3 is 0 Å². The smallest absolute Gasteiger partial charge is 0.165 e. The lowest BCUT2D eigenvalue weighted by molar-refractivity contribution is 0.250. The van der Waals surface area contributed by atoms with Gasteiger partial charge in [-0.05, 0) is 54.9 Å². The summed E-state index contributed by atoms with van der Waals surface area (Å²) in [4.78, 5) is 0. The van der Waals surface area contributed by atoms with Crippen LogP contribution in [-0.4, -0.2) is 19.9 Å². The van der Waals surface area contributed by atoms with Crippen molar-refractivity contribution in [3.8, 4) is 11.4 Å². The van der Waals surface area contributed by atoms with E-state index >= 15 is 0 Å². The highest BCUT2D eigenvalue weighted by Gasteiger charge is 2.24. The number of halogens is 2. The minimum Gasteiger partial charge on any atom is -0.388 e. The van der Waals surface area contributed by atoms with Crippen LogP contribution in [0.5, 0.6) is 0 Å². The van der Waals surface area contributed by atoms with Gasteiger partial charge < -0.3 is 9.67 Å². The average molecular weight is 345 g/mol. The zero-order valence-electron chi connectivity index (χ0n) is 11.0. The number of aliphatic hydroxyl groups excluding tert-OH is 1. The van der Waals surface area contributed by atoms with Gasteiger partial charge in [0.05, 0.1) is 0 Å². The lowest BCUT2D eigenvalue weighted by Gasteiger charge is -2.24. The highest BCUT2D eigenvalue weighted by molar-refractivity contribution is 9.10. The molecule has 0 bridgehead atoms. The van der Waals surface area contributed by atoms with Crippen molar-refractivity contribution in [2.45, 2.75) is 32.9 Å². The normalized spacial score (nSPS) is 11.9. The van der Waals surface area contributed by atoms with E-state index in [0.29, 0.717) is 16.7 Å². The maximum atomic E-state index is 9.40. The van der Waals surface area contributed by atoms with E-state index in [0.717, 1.165) is 10.0 Å². The summed E-state index contributed by atoms with van der Waals surface area (Å²) in [7, 11) is 0. The second-order valence-electron chi connectivity index (χ2n) is 5.23. The third-order valence-electron chi connectivity index (χ3n) is 2.71. The van der Waals surface area contributed by atoms with Crippen LogP contribution in [0.2, 0.25) is 5.02 Å². The van der Waals surface area contributed by atoms with E-state index in [9.17, 15) is 5.11 Å². The molecule has 1 heterocycles. The number of aromatic nitrogens is 3. The predicted octanol–water partition coefficient (Wildman–Crippen LogP) is 3.61. The first-order valence-electron chi connectivity index (χ1n) is 5.85. The number of benzene rings is 1. The summed E-state index contributed by atoms with van der Waals surface area (Å²) < 4.78 is 2.78. The van der Waals surface area contributed by atoms with Gasteiger partial charge in [0, 0.05) is 20.6 Å². The first-order chi connectivity index (χ1) is 8.84. The molecule has 0 amide bonds. The SMILES string of the molecule is CC(C)(C)n1c(CO)nnc1-c1ccc(Cl)cc1Br. The van der Waals surface area contributed by atoms with Gasteiger partial charge in [-0.1, -0.05) is 11.6 Å². The molecule has 0 aliphatic rings. The van der Waals surface area contributed by atoms with Gasteiger partial charge in [0.15, 0.2) is 11.6 Å². The number of rotatable bonds is 2. The third-order valence-corrected chi connectivity index (χ3v) is 3.61. The highest BCUT2D eigenvalue weighted by Crippen LogP contribution is 2.32. The minimum atomic E-state index is -0.226. The first-order valence-corrected chi connectivity index (χ1v) is 7.02. The minimum absolute atomic E-state index is 0.143. The summed E-state index contributed by atoms with van der Waals surface area (Å²) in [5.41, 5.74) is 0.669. The Bertz CT molecular complexity index is 604. The molecule has 0 spiro atoms. The molecular formula is C13H15BrClN3O. The van der Waals surface area contributed by atoms with E-state index in [1.54, 1.807) is 0 Å². The third kappa shape index (κ3) is 2.83. The molecule has 0 saturated carbocycles. The van der Waals surface area contributed by atoms with Gasteiger partial charge in [-0.25, -0.2) is 0 Å². The van der Waals surface area contributed by atoms with Crippen LogP contribution in [0.1, 0.15) is 26.6 Å². The number of hydrogen-bond donors (Lipinski definition) is 1. The highest BCUT2D eigenvalue weighted by atomic mass is 79.9. The monoisotopic (exact) mass is 343 g/mol. The van der Waals surface area contributed by atoms with Crippen molar-refractivity contribution in [2.24, 2.45) is 0 Å². The maximum Gasteiger partial charge on any atom is 0.165 e. The van der Waals surface area contributed by atoms with E-state index in [1.165, 1.54) is 0 Å². The molecule has 0 aliphatic heterocycles. The Morgan fingerprint density at radius 2 is 2.00 bits per heavy atom. The van der Waals surface area contributed by atoms with Crippen molar-refractivity contribution in [3.05, 3.63) is 33.5 Å². The molecule has 19 heavy (non-hydrogen) atoms. The van der Waals surface area contributed by atoms with Crippen LogP contribution in [0, 0.1) is 0 Å². The van der Waals surface area contributed by atoms with Crippen molar-refractivity contribution in [1.82, 2.24) is 14.8 Å². The van der Waals surface area contributed by atoms with Gasteiger partial charge in [-0.3, -0.25) is 0 Å². The molecule has 0 unspecified atom stereocenters. The van der Waals surface area contributed by atoms with Gasteiger partial charge in [-0.15, -0.1) is 10.2 Å². The lowest BCUT2D eigenvalue weighted by atomic mass is 10.1. The van der Waals surface area contributed by atoms with Crippen LogP contribution in [0.15, 0.2) is 22.7 Å². The summed E-state index contributed by atoms with van der Waals surface area (Å²) in [6.45, 7) is 5.99. The molecule has 0 aliphatic carbocycles. The van der Waals surface area contributed by atoms with Crippen LogP contribution in [-0.2, 0) is 12.1 Å². The molecule has 1 N–H and O–H groups in total. The molecule has 102 valence electrons. The molecule has 0 radical (unpaired) electrons. The van der Waals surface area contributed by atoms with Crippen molar-refractivity contribution in [3.63, 3.8) is 0 Å². The van der Waals surface area contributed by atoms with E-state index < -0.39 is 0 Å². The van der Waals surface area contributed by atoms with Crippen molar-refractivity contribution < 1.29 is 5.11 Å². The second kappa shape index (κ2) is 5.23. The number of nitrogens with zero attached hydrogens (tertiary/aromatic N) is 3. The average Bonchev–Trinajstić information content (AvgIpc) is 2.72. The Hall–Kier alpha value is -0.910. The maximum absolute atomic E-state index is 9.40. The quantitative estimate of drug-likeness (QED) is 0.905. The molecule has 2 rings (SSSR count). The van der Waals surface area contributed by atoms with Crippen LogP contribution in [0.4, 0.5) is 0 Å². The standard InChI is InChI=1S/C13H15BrClN3O/c1-13(2,3)18-11(7-19)16-17-12(18)9-5-4-8(15)6-10(9)14/h4-6,19H,7H2,1-3H3. The molecular weight excluding hydrogens is 330 g/mol. The summed E-state index contributed by atoms with van der Waals surface area (Å²) >= 11 is 9.44. The van der Waals surface area contributed by atoms with Gasteiger partial charge in [0.2, 0.25) is 0 Å².